The van der Waals surface area contributed by atoms with Crippen molar-refractivity contribution in [1.29, 1.82) is 0 Å². The number of hydrogen-bond donors (Lipinski definition) is 1. The summed E-state index contributed by atoms with van der Waals surface area (Å²) >= 11 is 0. The van der Waals surface area contributed by atoms with E-state index >= 15 is 0 Å². The smallest absolute Gasteiger partial charge is 0.225 e. The molecular formula is C15H28N2O. The summed E-state index contributed by atoms with van der Waals surface area (Å²) in [5, 5.41) is 0. The Kier molecular flexibility index (Phi) is 5.04. The van der Waals surface area contributed by atoms with Crippen LogP contribution >= 0.6 is 0 Å². The molecule has 2 N–H and O–H groups in total. The van der Waals surface area contributed by atoms with Gasteiger partial charge in [0.25, 0.3) is 0 Å². The molecule has 2 aliphatic carbocycles. The first-order valence-corrected chi connectivity index (χ1v) is 7.74. The third-order valence-corrected chi connectivity index (χ3v) is 4.62. The standard InChI is InChI=1S/C15H28N2O/c1-12(13-8-9-13)15(18)17(11-5-10-16)14-6-3-2-4-7-14/h12-14H,2-11,16H2,1H3. The van der Waals surface area contributed by atoms with Crippen molar-refractivity contribution in [3.8, 4) is 0 Å². The lowest BCUT2D eigenvalue weighted by Gasteiger charge is -2.36. The van der Waals surface area contributed by atoms with E-state index in [2.05, 4.69) is 11.8 Å². The maximum Gasteiger partial charge on any atom is 0.225 e. The predicted molar refractivity (Wildman–Crippen MR) is 74.1 cm³/mol. The van der Waals surface area contributed by atoms with E-state index in [0.29, 0.717) is 24.4 Å². The third kappa shape index (κ3) is 3.47. The quantitative estimate of drug-likeness (QED) is 0.789. The molecule has 0 aromatic rings. The van der Waals surface area contributed by atoms with E-state index in [0.717, 1.165) is 13.0 Å². The van der Waals surface area contributed by atoms with Crippen LogP contribution in [0.5, 0.6) is 0 Å². The van der Waals surface area contributed by atoms with Crippen molar-refractivity contribution >= 4 is 5.91 Å². The second-order valence-electron chi connectivity index (χ2n) is 6.09. The van der Waals surface area contributed by atoms with Crippen molar-refractivity contribution in [2.75, 3.05) is 13.1 Å². The van der Waals surface area contributed by atoms with Crippen LogP contribution in [0, 0.1) is 11.8 Å². The molecule has 1 atom stereocenters. The summed E-state index contributed by atoms with van der Waals surface area (Å²) in [4.78, 5) is 14.8. The van der Waals surface area contributed by atoms with Gasteiger partial charge in [-0.05, 0) is 44.6 Å². The molecule has 3 heteroatoms. The molecule has 2 aliphatic rings. The van der Waals surface area contributed by atoms with Crippen LogP contribution in [0.2, 0.25) is 0 Å². The summed E-state index contributed by atoms with van der Waals surface area (Å²) in [5.74, 6) is 1.31. The van der Waals surface area contributed by atoms with Crippen LogP contribution in [0.15, 0.2) is 0 Å². The third-order valence-electron chi connectivity index (χ3n) is 4.62. The summed E-state index contributed by atoms with van der Waals surface area (Å²) in [6.45, 7) is 3.68. The topological polar surface area (TPSA) is 46.3 Å². The van der Waals surface area contributed by atoms with Gasteiger partial charge in [0.15, 0.2) is 0 Å². The number of rotatable bonds is 6. The molecule has 2 rings (SSSR count). The number of nitrogens with zero attached hydrogens (tertiary/aromatic N) is 1. The van der Waals surface area contributed by atoms with Crippen molar-refractivity contribution in [2.45, 2.75) is 64.3 Å². The van der Waals surface area contributed by atoms with Gasteiger partial charge in [0, 0.05) is 18.5 Å². The Morgan fingerprint density at radius 1 is 1.22 bits per heavy atom. The largest absolute Gasteiger partial charge is 0.339 e. The van der Waals surface area contributed by atoms with E-state index in [-0.39, 0.29) is 5.92 Å². The van der Waals surface area contributed by atoms with Gasteiger partial charge in [0.2, 0.25) is 5.91 Å². The molecule has 0 aromatic heterocycles. The molecule has 2 fully saturated rings. The van der Waals surface area contributed by atoms with Crippen LogP contribution < -0.4 is 5.73 Å². The lowest BCUT2D eigenvalue weighted by molar-refractivity contribution is -0.138. The highest BCUT2D eigenvalue weighted by Gasteiger charge is 2.36. The summed E-state index contributed by atoms with van der Waals surface area (Å²) in [5.41, 5.74) is 5.62. The van der Waals surface area contributed by atoms with E-state index in [1.165, 1.54) is 44.9 Å². The summed E-state index contributed by atoms with van der Waals surface area (Å²) in [7, 11) is 0. The first-order chi connectivity index (χ1) is 8.74. The van der Waals surface area contributed by atoms with Gasteiger partial charge in [0.05, 0.1) is 0 Å². The molecule has 3 nitrogen and oxygen atoms in total. The summed E-state index contributed by atoms with van der Waals surface area (Å²) < 4.78 is 0. The molecule has 1 amide bonds. The molecule has 0 heterocycles. The van der Waals surface area contributed by atoms with Gasteiger partial charge in [-0.2, -0.15) is 0 Å². The zero-order valence-corrected chi connectivity index (χ0v) is 11.7. The Balaban J connectivity index is 1.95. The molecule has 0 saturated heterocycles. The van der Waals surface area contributed by atoms with Crippen LogP contribution in [-0.4, -0.2) is 29.9 Å². The summed E-state index contributed by atoms with van der Waals surface area (Å²) in [6.07, 6.45) is 9.77. The van der Waals surface area contributed by atoms with Crippen molar-refractivity contribution in [1.82, 2.24) is 4.90 Å². The van der Waals surface area contributed by atoms with Gasteiger partial charge < -0.3 is 10.6 Å². The Bertz CT molecular complexity index is 270. The molecule has 0 spiro atoms. The van der Waals surface area contributed by atoms with E-state index in [1.807, 2.05) is 0 Å². The van der Waals surface area contributed by atoms with Gasteiger partial charge in [0.1, 0.15) is 0 Å². The van der Waals surface area contributed by atoms with Gasteiger partial charge in [-0.3, -0.25) is 4.79 Å². The van der Waals surface area contributed by atoms with E-state index in [4.69, 9.17) is 5.73 Å². The van der Waals surface area contributed by atoms with Crippen molar-refractivity contribution in [3.63, 3.8) is 0 Å². The van der Waals surface area contributed by atoms with E-state index in [1.54, 1.807) is 0 Å². The van der Waals surface area contributed by atoms with Crippen molar-refractivity contribution < 1.29 is 4.79 Å². The molecule has 104 valence electrons. The zero-order chi connectivity index (χ0) is 13.0. The van der Waals surface area contributed by atoms with Crippen LogP contribution in [0.25, 0.3) is 0 Å². The lowest BCUT2D eigenvalue weighted by Crippen LogP contribution is -2.45. The van der Waals surface area contributed by atoms with Crippen LogP contribution in [0.3, 0.4) is 0 Å². The molecule has 18 heavy (non-hydrogen) atoms. The molecule has 2 saturated carbocycles. The van der Waals surface area contributed by atoms with E-state index < -0.39 is 0 Å². The monoisotopic (exact) mass is 252 g/mol. The van der Waals surface area contributed by atoms with Crippen molar-refractivity contribution in [2.24, 2.45) is 17.6 Å². The number of nitrogens with two attached hydrogens (primary N) is 1. The molecule has 0 radical (unpaired) electrons. The fraction of sp³-hybridized carbons (Fsp3) is 0.933. The van der Waals surface area contributed by atoms with Gasteiger partial charge in [-0.1, -0.05) is 26.2 Å². The minimum absolute atomic E-state index is 0.240. The maximum absolute atomic E-state index is 12.6. The van der Waals surface area contributed by atoms with E-state index in [9.17, 15) is 4.79 Å². The lowest BCUT2D eigenvalue weighted by atomic mass is 9.92. The average molecular weight is 252 g/mol. The Labute approximate surface area is 111 Å². The molecule has 1 unspecified atom stereocenters. The van der Waals surface area contributed by atoms with Gasteiger partial charge in [-0.25, -0.2) is 0 Å². The fourth-order valence-corrected chi connectivity index (χ4v) is 3.19. The maximum atomic E-state index is 12.6. The number of carbonyl (C=O) groups excluding carboxylic acids is 1. The van der Waals surface area contributed by atoms with Gasteiger partial charge >= 0.3 is 0 Å². The molecular weight excluding hydrogens is 224 g/mol. The zero-order valence-electron chi connectivity index (χ0n) is 11.7. The number of hydrogen-bond acceptors (Lipinski definition) is 2. The highest BCUT2D eigenvalue weighted by molar-refractivity contribution is 5.79. The van der Waals surface area contributed by atoms with Crippen LogP contribution in [0.1, 0.15) is 58.3 Å². The van der Waals surface area contributed by atoms with Crippen molar-refractivity contribution in [3.05, 3.63) is 0 Å². The Hall–Kier alpha value is -0.570. The molecule has 0 aromatic carbocycles. The van der Waals surface area contributed by atoms with Crippen LogP contribution in [0.4, 0.5) is 0 Å². The minimum atomic E-state index is 0.240. The second-order valence-corrected chi connectivity index (χ2v) is 6.09. The van der Waals surface area contributed by atoms with Gasteiger partial charge in [-0.15, -0.1) is 0 Å². The average Bonchev–Trinajstić information content (AvgIpc) is 3.23. The number of carbonyl (C=O) groups is 1. The normalized spacial score (nSPS) is 22.8. The fourth-order valence-electron chi connectivity index (χ4n) is 3.19. The molecule has 0 bridgehead atoms. The molecule has 0 aliphatic heterocycles. The first kappa shape index (κ1) is 13.9. The second kappa shape index (κ2) is 6.55. The summed E-state index contributed by atoms with van der Waals surface area (Å²) in [6, 6.07) is 0.499. The Morgan fingerprint density at radius 3 is 2.44 bits per heavy atom. The SMILES string of the molecule is CC(C(=O)N(CCCN)C1CCCCC1)C1CC1. The first-order valence-electron chi connectivity index (χ1n) is 7.74. The van der Waals surface area contributed by atoms with Crippen LogP contribution in [-0.2, 0) is 4.79 Å². The highest BCUT2D eigenvalue weighted by atomic mass is 16.2. The Morgan fingerprint density at radius 2 is 1.89 bits per heavy atom. The predicted octanol–water partition coefficient (Wildman–Crippen LogP) is 2.54. The minimum Gasteiger partial charge on any atom is -0.339 e. The number of amides is 1. The highest BCUT2D eigenvalue weighted by Crippen LogP contribution is 2.38.